The Morgan fingerprint density at radius 2 is 1.73 bits per heavy atom. The standard InChI is InChI=1S/C25H28FN5O2/c1-4-5-15-31-23-22(24(32)28-25(31)33)30(3)20(27-23)16-29(2)21(17-9-7-6-8-10-17)18-11-13-19(26)14-12-18/h6-14,21H,4-5,15-16H2,1-3H3,(H,28,32,33). The van der Waals surface area contributed by atoms with E-state index < -0.39 is 11.2 Å². The lowest BCUT2D eigenvalue weighted by Gasteiger charge is -2.28. The number of aryl methyl sites for hydroxylation is 2. The average Bonchev–Trinajstić information content (AvgIpc) is 3.12. The van der Waals surface area contributed by atoms with Gasteiger partial charge in [-0.25, -0.2) is 14.2 Å². The lowest BCUT2D eigenvalue weighted by atomic mass is 9.97. The van der Waals surface area contributed by atoms with Crippen LogP contribution in [-0.4, -0.2) is 31.0 Å². The number of hydrogen-bond donors (Lipinski definition) is 1. The number of nitrogens with zero attached hydrogens (tertiary/aromatic N) is 4. The third-order valence-corrected chi connectivity index (χ3v) is 5.97. The number of H-pyrrole nitrogens is 1. The van der Waals surface area contributed by atoms with Crippen LogP contribution in [0, 0.1) is 5.82 Å². The highest BCUT2D eigenvalue weighted by molar-refractivity contribution is 5.70. The van der Waals surface area contributed by atoms with Gasteiger partial charge in [0.15, 0.2) is 11.2 Å². The molecule has 8 heteroatoms. The van der Waals surface area contributed by atoms with Crippen LogP contribution in [0.4, 0.5) is 4.39 Å². The molecular formula is C25H28FN5O2. The number of unbranched alkanes of at least 4 members (excludes halogenated alkanes) is 1. The fourth-order valence-corrected chi connectivity index (χ4v) is 4.25. The van der Waals surface area contributed by atoms with Gasteiger partial charge in [-0.2, -0.15) is 0 Å². The van der Waals surface area contributed by atoms with Crippen molar-refractivity contribution < 1.29 is 4.39 Å². The summed E-state index contributed by atoms with van der Waals surface area (Å²) in [4.78, 5) is 34.2. The van der Waals surface area contributed by atoms with Crippen LogP contribution >= 0.6 is 0 Å². The summed E-state index contributed by atoms with van der Waals surface area (Å²) in [5.74, 6) is 0.379. The highest BCUT2D eigenvalue weighted by atomic mass is 19.1. The monoisotopic (exact) mass is 449 g/mol. The molecule has 0 aliphatic carbocycles. The van der Waals surface area contributed by atoms with E-state index in [4.69, 9.17) is 4.98 Å². The smallest absolute Gasteiger partial charge is 0.324 e. The lowest BCUT2D eigenvalue weighted by Crippen LogP contribution is -2.31. The van der Waals surface area contributed by atoms with Gasteiger partial charge in [-0.1, -0.05) is 55.8 Å². The van der Waals surface area contributed by atoms with E-state index in [0.29, 0.717) is 30.1 Å². The van der Waals surface area contributed by atoms with Crippen molar-refractivity contribution in [3.63, 3.8) is 0 Å². The van der Waals surface area contributed by atoms with E-state index >= 15 is 0 Å². The average molecular weight is 450 g/mol. The fourth-order valence-electron chi connectivity index (χ4n) is 4.25. The van der Waals surface area contributed by atoms with Gasteiger partial charge in [-0.3, -0.25) is 19.2 Å². The summed E-state index contributed by atoms with van der Waals surface area (Å²) >= 11 is 0. The largest absolute Gasteiger partial charge is 0.330 e. The van der Waals surface area contributed by atoms with Gasteiger partial charge in [-0.15, -0.1) is 0 Å². The topological polar surface area (TPSA) is 75.9 Å². The number of imidazole rings is 1. The fraction of sp³-hybridized carbons (Fsp3) is 0.320. The van der Waals surface area contributed by atoms with E-state index in [0.717, 1.165) is 24.0 Å². The normalized spacial score (nSPS) is 12.5. The van der Waals surface area contributed by atoms with Crippen LogP contribution in [0.1, 0.15) is 42.8 Å². The lowest BCUT2D eigenvalue weighted by molar-refractivity contribution is 0.261. The summed E-state index contributed by atoms with van der Waals surface area (Å²) in [6, 6.07) is 16.3. The first-order chi connectivity index (χ1) is 15.9. The molecule has 0 saturated carbocycles. The molecule has 2 heterocycles. The van der Waals surface area contributed by atoms with Crippen LogP contribution in [0.3, 0.4) is 0 Å². The molecule has 0 amide bonds. The van der Waals surface area contributed by atoms with Gasteiger partial charge in [0.25, 0.3) is 5.56 Å². The minimum atomic E-state index is -0.440. The second-order valence-corrected chi connectivity index (χ2v) is 8.30. The highest BCUT2D eigenvalue weighted by Gasteiger charge is 2.23. The summed E-state index contributed by atoms with van der Waals surface area (Å²) in [5.41, 5.74) is 1.91. The third kappa shape index (κ3) is 4.52. The van der Waals surface area contributed by atoms with Gasteiger partial charge in [-0.05, 0) is 36.7 Å². The Morgan fingerprint density at radius 1 is 1.06 bits per heavy atom. The summed E-state index contributed by atoms with van der Waals surface area (Å²) in [5, 5.41) is 0. The zero-order valence-electron chi connectivity index (χ0n) is 19.1. The Labute approximate surface area is 191 Å². The van der Waals surface area contributed by atoms with Crippen LogP contribution in [-0.2, 0) is 20.1 Å². The van der Waals surface area contributed by atoms with E-state index in [1.54, 1.807) is 28.3 Å². The minimum Gasteiger partial charge on any atom is -0.324 e. The van der Waals surface area contributed by atoms with Crippen LogP contribution in [0.5, 0.6) is 0 Å². The minimum absolute atomic E-state index is 0.146. The van der Waals surface area contributed by atoms with Gasteiger partial charge in [0.1, 0.15) is 11.6 Å². The van der Waals surface area contributed by atoms with Crippen LogP contribution < -0.4 is 11.2 Å². The zero-order chi connectivity index (χ0) is 23.5. The molecule has 7 nitrogen and oxygen atoms in total. The molecule has 0 radical (unpaired) electrons. The van der Waals surface area contributed by atoms with Crippen molar-refractivity contribution in [2.75, 3.05) is 7.05 Å². The number of halogens is 1. The molecule has 172 valence electrons. The summed E-state index contributed by atoms with van der Waals surface area (Å²) in [6.07, 6.45) is 1.74. The van der Waals surface area contributed by atoms with E-state index in [2.05, 4.69) is 9.88 Å². The molecule has 1 atom stereocenters. The predicted molar refractivity (Wildman–Crippen MR) is 127 cm³/mol. The summed E-state index contributed by atoms with van der Waals surface area (Å²) < 4.78 is 16.9. The molecule has 0 bridgehead atoms. The number of benzene rings is 2. The van der Waals surface area contributed by atoms with Crippen LogP contribution in [0.25, 0.3) is 11.2 Å². The van der Waals surface area contributed by atoms with Crippen molar-refractivity contribution >= 4 is 11.2 Å². The quantitative estimate of drug-likeness (QED) is 0.446. The maximum Gasteiger partial charge on any atom is 0.330 e. The molecule has 4 aromatic rings. The predicted octanol–water partition coefficient (Wildman–Crippen LogP) is 3.58. The van der Waals surface area contributed by atoms with E-state index in [-0.39, 0.29) is 11.9 Å². The number of hydrogen-bond acceptors (Lipinski definition) is 4. The second-order valence-electron chi connectivity index (χ2n) is 8.30. The number of nitrogens with one attached hydrogen (secondary N) is 1. The van der Waals surface area contributed by atoms with E-state index in [1.807, 2.05) is 44.3 Å². The molecule has 4 rings (SSSR count). The Bertz CT molecular complexity index is 1360. The first kappa shape index (κ1) is 22.7. The molecule has 2 aromatic carbocycles. The SMILES string of the molecule is CCCCn1c(=O)[nH]c(=O)c2c1nc(CN(C)C(c1ccccc1)c1ccc(F)cc1)n2C. The highest BCUT2D eigenvalue weighted by Crippen LogP contribution is 2.29. The maximum absolute atomic E-state index is 13.6. The van der Waals surface area contributed by atoms with Crippen molar-refractivity contribution in [1.29, 1.82) is 0 Å². The van der Waals surface area contributed by atoms with Gasteiger partial charge in [0, 0.05) is 13.6 Å². The second kappa shape index (κ2) is 9.54. The Morgan fingerprint density at radius 3 is 2.39 bits per heavy atom. The molecule has 0 aliphatic rings. The van der Waals surface area contributed by atoms with Gasteiger partial charge in [0.2, 0.25) is 0 Å². The van der Waals surface area contributed by atoms with Crippen molar-refractivity contribution in [2.45, 2.75) is 38.9 Å². The number of aromatic amines is 1. The van der Waals surface area contributed by atoms with Crippen molar-refractivity contribution in [3.05, 3.63) is 98.2 Å². The van der Waals surface area contributed by atoms with Crippen molar-refractivity contribution in [3.8, 4) is 0 Å². The Kier molecular flexibility index (Phi) is 6.55. The number of rotatable bonds is 8. The van der Waals surface area contributed by atoms with Crippen LogP contribution in [0.2, 0.25) is 0 Å². The molecule has 1 unspecified atom stereocenters. The van der Waals surface area contributed by atoms with Gasteiger partial charge < -0.3 is 4.57 Å². The summed E-state index contributed by atoms with van der Waals surface area (Å²) in [7, 11) is 3.76. The van der Waals surface area contributed by atoms with Gasteiger partial charge >= 0.3 is 5.69 Å². The third-order valence-electron chi connectivity index (χ3n) is 5.97. The molecule has 2 aromatic heterocycles. The van der Waals surface area contributed by atoms with Crippen molar-refractivity contribution in [1.82, 2.24) is 24.0 Å². The number of aromatic nitrogens is 4. The first-order valence-corrected chi connectivity index (χ1v) is 11.1. The van der Waals surface area contributed by atoms with E-state index in [1.165, 1.54) is 12.1 Å². The van der Waals surface area contributed by atoms with Gasteiger partial charge in [0.05, 0.1) is 12.6 Å². The summed E-state index contributed by atoms with van der Waals surface area (Å²) in [6.45, 7) is 2.96. The molecule has 1 N–H and O–H groups in total. The zero-order valence-corrected chi connectivity index (χ0v) is 19.1. The molecule has 0 aliphatic heterocycles. The van der Waals surface area contributed by atoms with Crippen LogP contribution in [0.15, 0.2) is 64.2 Å². The molecule has 0 saturated heterocycles. The first-order valence-electron chi connectivity index (χ1n) is 11.1. The Hall–Kier alpha value is -3.52. The van der Waals surface area contributed by atoms with Crippen molar-refractivity contribution in [2.24, 2.45) is 7.05 Å². The molecule has 0 fully saturated rings. The molecular weight excluding hydrogens is 421 g/mol. The van der Waals surface area contributed by atoms with E-state index in [9.17, 15) is 14.0 Å². The maximum atomic E-state index is 13.6. The molecule has 0 spiro atoms. The molecule has 33 heavy (non-hydrogen) atoms. The Balaban J connectivity index is 1.76. The number of fused-ring (bicyclic) bond motifs is 1.